The topological polar surface area (TPSA) is 44.0 Å². The zero-order valence-corrected chi connectivity index (χ0v) is 12.5. The van der Waals surface area contributed by atoms with Crippen LogP contribution in [0.5, 0.6) is 0 Å². The largest absolute Gasteiger partial charge is 0.385 e. The fourth-order valence-electron chi connectivity index (χ4n) is 2.05. The summed E-state index contributed by atoms with van der Waals surface area (Å²) in [4.78, 5) is 0. The molecule has 0 aromatic heterocycles. The number of nitrogens with zero attached hydrogens (tertiary/aromatic N) is 1. The van der Waals surface area contributed by atoms with Gasteiger partial charge < -0.3 is 5.11 Å². The van der Waals surface area contributed by atoms with Crippen molar-refractivity contribution in [1.29, 1.82) is 5.26 Å². The van der Waals surface area contributed by atoms with Crippen LogP contribution in [0.25, 0.3) is 0 Å². The van der Waals surface area contributed by atoms with Gasteiger partial charge in [-0.25, -0.2) is 4.39 Å². The summed E-state index contributed by atoms with van der Waals surface area (Å²) in [6.45, 7) is 1.70. The van der Waals surface area contributed by atoms with Crippen molar-refractivity contribution in [1.82, 2.24) is 0 Å². The van der Waals surface area contributed by atoms with Gasteiger partial charge >= 0.3 is 0 Å². The molecule has 0 aliphatic heterocycles. The molecule has 0 amide bonds. The molecule has 1 unspecified atom stereocenters. The minimum absolute atomic E-state index is 0.327. The summed E-state index contributed by atoms with van der Waals surface area (Å²) in [6.07, 6.45) is 0.359. The highest BCUT2D eigenvalue weighted by Crippen LogP contribution is 2.27. The molecule has 0 saturated heterocycles. The van der Waals surface area contributed by atoms with Crippen molar-refractivity contribution >= 4 is 15.9 Å². The van der Waals surface area contributed by atoms with Gasteiger partial charge in [0, 0.05) is 6.42 Å². The zero-order valence-electron chi connectivity index (χ0n) is 10.9. The number of hydrogen-bond acceptors (Lipinski definition) is 2. The first-order valence-electron chi connectivity index (χ1n) is 6.09. The second-order valence-electron chi connectivity index (χ2n) is 4.89. The third-order valence-corrected chi connectivity index (χ3v) is 3.78. The summed E-state index contributed by atoms with van der Waals surface area (Å²) in [5.74, 6) is -0.327. The quantitative estimate of drug-likeness (QED) is 0.925. The molecular weight excluding hydrogens is 321 g/mol. The normalized spacial score (nSPS) is 13.6. The van der Waals surface area contributed by atoms with Crippen molar-refractivity contribution in [2.75, 3.05) is 0 Å². The van der Waals surface area contributed by atoms with Crippen LogP contribution in [0.2, 0.25) is 0 Å². The van der Waals surface area contributed by atoms with E-state index in [4.69, 9.17) is 5.26 Å². The molecule has 0 spiro atoms. The number of halogens is 2. The highest BCUT2D eigenvalue weighted by molar-refractivity contribution is 9.10. The van der Waals surface area contributed by atoms with E-state index in [1.165, 1.54) is 6.07 Å². The van der Waals surface area contributed by atoms with E-state index in [2.05, 4.69) is 15.9 Å². The first-order chi connectivity index (χ1) is 9.42. The Bertz CT molecular complexity index is 659. The number of hydrogen-bond donors (Lipinski definition) is 1. The van der Waals surface area contributed by atoms with Gasteiger partial charge in [0.15, 0.2) is 0 Å². The summed E-state index contributed by atoms with van der Waals surface area (Å²) in [5, 5.41) is 19.3. The van der Waals surface area contributed by atoms with Crippen LogP contribution < -0.4 is 0 Å². The number of benzene rings is 2. The van der Waals surface area contributed by atoms with Gasteiger partial charge in [-0.05, 0) is 58.2 Å². The van der Waals surface area contributed by atoms with E-state index in [1.54, 1.807) is 43.3 Å². The first kappa shape index (κ1) is 14.7. The van der Waals surface area contributed by atoms with Crippen molar-refractivity contribution < 1.29 is 9.50 Å². The second-order valence-corrected chi connectivity index (χ2v) is 5.74. The Morgan fingerprint density at radius 3 is 2.45 bits per heavy atom. The molecule has 0 saturated carbocycles. The van der Waals surface area contributed by atoms with Gasteiger partial charge in [-0.1, -0.05) is 18.2 Å². The molecule has 20 heavy (non-hydrogen) atoms. The fourth-order valence-corrected chi connectivity index (χ4v) is 2.48. The van der Waals surface area contributed by atoms with Crippen LogP contribution in [-0.4, -0.2) is 5.11 Å². The summed E-state index contributed by atoms with van der Waals surface area (Å²) in [5.41, 5.74) is 1.02. The summed E-state index contributed by atoms with van der Waals surface area (Å²) in [6, 6.07) is 13.5. The van der Waals surface area contributed by atoms with Crippen molar-refractivity contribution in [3.63, 3.8) is 0 Å². The Balaban J connectivity index is 2.25. The molecule has 0 radical (unpaired) electrons. The lowest BCUT2D eigenvalue weighted by atomic mass is 9.88. The Hall–Kier alpha value is -1.70. The Morgan fingerprint density at radius 2 is 1.90 bits per heavy atom. The van der Waals surface area contributed by atoms with Gasteiger partial charge in [-0.15, -0.1) is 0 Å². The first-order valence-corrected chi connectivity index (χ1v) is 6.88. The van der Waals surface area contributed by atoms with Crippen LogP contribution in [0, 0.1) is 17.1 Å². The number of aliphatic hydroxyl groups is 1. The Morgan fingerprint density at radius 1 is 1.25 bits per heavy atom. The van der Waals surface area contributed by atoms with Crippen LogP contribution in [0.15, 0.2) is 46.9 Å². The molecule has 2 rings (SSSR count). The molecule has 2 aromatic rings. The summed E-state index contributed by atoms with van der Waals surface area (Å²) in [7, 11) is 0. The van der Waals surface area contributed by atoms with Crippen LogP contribution in [0.4, 0.5) is 4.39 Å². The van der Waals surface area contributed by atoms with Gasteiger partial charge in [0.25, 0.3) is 0 Å². The molecular formula is C16H13BrFNO. The van der Waals surface area contributed by atoms with E-state index < -0.39 is 5.60 Å². The third-order valence-electron chi connectivity index (χ3n) is 3.17. The SMILES string of the molecule is CC(O)(Cc1ccc(F)c(Br)c1)c1ccc(C#N)cc1. The van der Waals surface area contributed by atoms with Crippen molar-refractivity contribution in [2.45, 2.75) is 18.9 Å². The minimum Gasteiger partial charge on any atom is -0.385 e. The predicted octanol–water partition coefficient (Wildman–Crippen LogP) is 3.91. The average Bonchev–Trinajstić information content (AvgIpc) is 2.43. The van der Waals surface area contributed by atoms with E-state index in [0.717, 1.165) is 11.1 Å². The van der Waals surface area contributed by atoms with Gasteiger partial charge in [-0.3, -0.25) is 0 Å². The predicted molar refractivity (Wildman–Crippen MR) is 78.5 cm³/mol. The third kappa shape index (κ3) is 3.24. The Kier molecular flexibility index (Phi) is 4.22. The maximum atomic E-state index is 13.2. The molecule has 1 N–H and O–H groups in total. The standard InChI is InChI=1S/C16H13BrFNO/c1-16(20,13-5-2-11(10-19)3-6-13)9-12-4-7-15(18)14(17)8-12/h2-8,20H,9H2,1H3. The van der Waals surface area contributed by atoms with Gasteiger partial charge in [-0.2, -0.15) is 5.26 Å². The van der Waals surface area contributed by atoms with E-state index in [0.29, 0.717) is 16.5 Å². The second kappa shape index (κ2) is 5.74. The molecule has 1 atom stereocenters. The zero-order chi connectivity index (χ0) is 14.8. The van der Waals surface area contributed by atoms with Crippen LogP contribution >= 0.6 is 15.9 Å². The smallest absolute Gasteiger partial charge is 0.137 e. The fraction of sp³-hybridized carbons (Fsp3) is 0.188. The molecule has 0 aliphatic carbocycles. The molecule has 0 heterocycles. The van der Waals surface area contributed by atoms with Gasteiger partial charge in [0.05, 0.1) is 21.7 Å². The molecule has 0 aliphatic rings. The lowest BCUT2D eigenvalue weighted by Gasteiger charge is -2.24. The molecule has 4 heteroatoms. The van der Waals surface area contributed by atoms with Gasteiger partial charge in [0.1, 0.15) is 5.82 Å². The highest BCUT2D eigenvalue weighted by Gasteiger charge is 2.23. The maximum Gasteiger partial charge on any atom is 0.137 e. The Labute approximate surface area is 125 Å². The maximum absolute atomic E-state index is 13.2. The summed E-state index contributed by atoms with van der Waals surface area (Å²) >= 11 is 3.14. The lowest BCUT2D eigenvalue weighted by molar-refractivity contribution is 0.0576. The van der Waals surface area contributed by atoms with Crippen LogP contribution in [-0.2, 0) is 12.0 Å². The van der Waals surface area contributed by atoms with Crippen molar-refractivity contribution in [3.8, 4) is 6.07 Å². The molecule has 102 valence electrons. The molecule has 0 fully saturated rings. The van der Waals surface area contributed by atoms with Gasteiger partial charge in [0.2, 0.25) is 0 Å². The molecule has 0 bridgehead atoms. The minimum atomic E-state index is -1.08. The van der Waals surface area contributed by atoms with Crippen LogP contribution in [0.3, 0.4) is 0 Å². The number of nitriles is 1. The van der Waals surface area contributed by atoms with E-state index in [1.807, 2.05) is 6.07 Å². The van der Waals surface area contributed by atoms with Crippen LogP contribution in [0.1, 0.15) is 23.6 Å². The number of rotatable bonds is 3. The van der Waals surface area contributed by atoms with E-state index in [9.17, 15) is 9.50 Å². The monoisotopic (exact) mass is 333 g/mol. The average molecular weight is 334 g/mol. The molecule has 2 aromatic carbocycles. The molecule has 2 nitrogen and oxygen atoms in total. The van der Waals surface area contributed by atoms with Crippen molar-refractivity contribution in [2.24, 2.45) is 0 Å². The van der Waals surface area contributed by atoms with E-state index in [-0.39, 0.29) is 5.82 Å². The highest BCUT2D eigenvalue weighted by atomic mass is 79.9. The summed E-state index contributed by atoms with van der Waals surface area (Å²) < 4.78 is 13.6. The lowest BCUT2D eigenvalue weighted by Crippen LogP contribution is -2.24. The van der Waals surface area contributed by atoms with E-state index >= 15 is 0 Å². The van der Waals surface area contributed by atoms with Crippen molar-refractivity contribution in [3.05, 3.63) is 69.4 Å².